The third-order valence-electron chi connectivity index (χ3n) is 5.65. The first-order valence-electron chi connectivity index (χ1n) is 9.23. The highest BCUT2D eigenvalue weighted by Crippen LogP contribution is 2.47. The molecule has 2 fully saturated rings. The normalized spacial score (nSPS) is 22.6. The fourth-order valence-electron chi connectivity index (χ4n) is 4.40. The van der Waals surface area contributed by atoms with Crippen LogP contribution in [0.5, 0.6) is 0 Å². The van der Waals surface area contributed by atoms with E-state index >= 15 is 0 Å². The fraction of sp³-hybridized carbons (Fsp3) is 0.650. The lowest BCUT2D eigenvalue weighted by atomic mass is 9.73. The van der Waals surface area contributed by atoms with E-state index in [9.17, 15) is 9.59 Å². The maximum atomic E-state index is 13.1. The van der Waals surface area contributed by atoms with E-state index < -0.39 is 0 Å². The van der Waals surface area contributed by atoms with Crippen molar-refractivity contribution in [3.8, 4) is 0 Å². The number of aryl methyl sites for hydroxylation is 1. The van der Waals surface area contributed by atoms with Gasteiger partial charge in [0.2, 0.25) is 0 Å². The predicted octanol–water partition coefficient (Wildman–Crippen LogP) is 3.66. The molecule has 2 heterocycles. The molecule has 1 saturated carbocycles. The van der Waals surface area contributed by atoms with E-state index in [0.717, 1.165) is 73.3 Å². The average Bonchev–Trinajstić information content (AvgIpc) is 3.17. The Bertz CT molecular complexity index is 726. The number of pyridine rings is 1. The molecule has 0 N–H and O–H groups in total. The van der Waals surface area contributed by atoms with Gasteiger partial charge in [0.1, 0.15) is 0 Å². The van der Waals surface area contributed by atoms with Gasteiger partial charge in [-0.2, -0.15) is 0 Å². The van der Waals surface area contributed by atoms with Crippen LogP contribution in [0.2, 0.25) is 0 Å². The maximum absolute atomic E-state index is 13.1. The van der Waals surface area contributed by atoms with Crippen molar-refractivity contribution in [1.29, 1.82) is 0 Å². The Morgan fingerprint density at radius 2 is 1.83 bits per heavy atom. The summed E-state index contributed by atoms with van der Waals surface area (Å²) in [5.41, 5.74) is 4.28. The molecule has 0 bridgehead atoms. The first-order chi connectivity index (χ1) is 11.4. The molecule has 2 aliphatic carbocycles. The van der Waals surface area contributed by atoms with E-state index in [1.807, 2.05) is 11.8 Å². The molecule has 4 rings (SSSR count). The largest absolute Gasteiger partial charge is 0.339 e. The monoisotopic (exact) mass is 326 g/mol. The molecule has 24 heavy (non-hydrogen) atoms. The predicted molar refractivity (Wildman–Crippen MR) is 92.5 cm³/mol. The second kappa shape index (κ2) is 5.40. The molecular formula is C20H26N2O2. The third-order valence-corrected chi connectivity index (χ3v) is 5.65. The van der Waals surface area contributed by atoms with Gasteiger partial charge in [0.25, 0.3) is 5.91 Å². The van der Waals surface area contributed by atoms with Crippen molar-refractivity contribution < 1.29 is 9.59 Å². The molecule has 4 nitrogen and oxygen atoms in total. The number of likely N-dealkylation sites (tertiary alicyclic amines) is 1. The van der Waals surface area contributed by atoms with Crippen LogP contribution >= 0.6 is 0 Å². The lowest BCUT2D eigenvalue weighted by Crippen LogP contribution is -2.33. The quantitative estimate of drug-likeness (QED) is 0.833. The summed E-state index contributed by atoms with van der Waals surface area (Å²) in [6, 6.07) is 0. The average molecular weight is 326 g/mol. The molecule has 1 aromatic rings. The molecular weight excluding hydrogens is 300 g/mol. The second-order valence-electron chi connectivity index (χ2n) is 8.52. The third kappa shape index (κ3) is 2.56. The van der Waals surface area contributed by atoms with Crippen LogP contribution in [0, 0.1) is 12.3 Å². The molecule has 3 aliphatic rings. The lowest BCUT2D eigenvalue weighted by molar-refractivity contribution is 0.0790. The smallest absolute Gasteiger partial charge is 0.256 e. The molecule has 1 amide bonds. The van der Waals surface area contributed by atoms with Crippen LogP contribution in [0.1, 0.15) is 89.5 Å². The highest BCUT2D eigenvalue weighted by molar-refractivity contribution is 6.05. The molecule has 4 heteroatoms. The van der Waals surface area contributed by atoms with Crippen LogP contribution in [-0.4, -0.2) is 34.7 Å². The number of Topliss-reactive ketones (excluding diaryl/α,β-unsaturated/α-hetero) is 1. The Morgan fingerprint density at radius 1 is 1.17 bits per heavy atom. The van der Waals surface area contributed by atoms with Crippen LogP contribution in [0.25, 0.3) is 0 Å². The zero-order valence-corrected chi connectivity index (χ0v) is 14.9. The first-order valence-corrected chi connectivity index (χ1v) is 9.23. The van der Waals surface area contributed by atoms with E-state index in [1.165, 1.54) is 0 Å². The Labute approximate surface area is 143 Å². The standard InChI is InChI=1S/C20H26N2O2/c1-12-16(19(24)22-8-4-5-9-22)17(13-6-7-13)18-14(21-12)10-20(2,3)11-15(18)23/h13H,4-11H2,1-3H3. The van der Waals surface area contributed by atoms with E-state index in [4.69, 9.17) is 4.98 Å². The number of ketones is 1. The number of carbonyl (C=O) groups excluding carboxylic acids is 2. The first kappa shape index (κ1) is 15.8. The second-order valence-corrected chi connectivity index (χ2v) is 8.52. The van der Waals surface area contributed by atoms with Gasteiger partial charge in [-0.3, -0.25) is 14.6 Å². The van der Waals surface area contributed by atoms with E-state index in [1.54, 1.807) is 0 Å². The van der Waals surface area contributed by atoms with E-state index in [0.29, 0.717) is 12.3 Å². The zero-order chi connectivity index (χ0) is 17.1. The van der Waals surface area contributed by atoms with Gasteiger partial charge in [0.15, 0.2) is 5.78 Å². The van der Waals surface area contributed by atoms with Crippen LogP contribution in [0.3, 0.4) is 0 Å². The molecule has 0 radical (unpaired) electrons. The molecule has 0 aromatic carbocycles. The molecule has 1 aliphatic heterocycles. The van der Waals surface area contributed by atoms with Crippen LogP contribution < -0.4 is 0 Å². The van der Waals surface area contributed by atoms with Crippen molar-refractivity contribution >= 4 is 11.7 Å². The van der Waals surface area contributed by atoms with Crippen molar-refractivity contribution in [2.45, 2.75) is 65.2 Å². The summed E-state index contributed by atoms with van der Waals surface area (Å²) in [6.45, 7) is 7.87. The molecule has 0 atom stereocenters. The molecule has 1 saturated heterocycles. The molecule has 0 spiro atoms. The molecule has 128 valence electrons. The Balaban J connectivity index is 1.87. The number of aromatic nitrogens is 1. The number of hydrogen-bond donors (Lipinski definition) is 0. The minimum atomic E-state index is -0.0369. The SMILES string of the molecule is Cc1nc2c(c(C3CC3)c1C(=O)N1CCCC1)C(=O)CC(C)(C)C2. The van der Waals surface area contributed by atoms with Crippen molar-refractivity contribution in [3.63, 3.8) is 0 Å². The Morgan fingerprint density at radius 3 is 2.46 bits per heavy atom. The fourth-order valence-corrected chi connectivity index (χ4v) is 4.40. The van der Waals surface area contributed by atoms with Gasteiger partial charge in [-0.15, -0.1) is 0 Å². The topological polar surface area (TPSA) is 50.3 Å². The van der Waals surface area contributed by atoms with Gasteiger partial charge in [-0.1, -0.05) is 13.8 Å². The van der Waals surface area contributed by atoms with Crippen LogP contribution in [0.15, 0.2) is 0 Å². The summed E-state index contributed by atoms with van der Waals surface area (Å²) in [5.74, 6) is 0.665. The van der Waals surface area contributed by atoms with Gasteiger partial charge < -0.3 is 4.90 Å². The number of rotatable bonds is 2. The van der Waals surface area contributed by atoms with Crippen molar-refractivity contribution in [3.05, 3.63) is 28.1 Å². The van der Waals surface area contributed by atoms with Crippen molar-refractivity contribution in [2.24, 2.45) is 5.41 Å². The van der Waals surface area contributed by atoms with E-state index in [2.05, 4.69) is 13.8 Å². The van der Waals surface area contributed by atoms with Gasteiger partial charge in [0.05, 0.1) is 17.0 Å². The number of amides is 1. The summed E-state index contributed by atoms with van der Waals surface area (Å²) in [5, 5.41) is 0. The molecule has 1 aromatic heterocycles. The molecule has 0 unspecified atom stereocenters. The van der Waals surface area contributed by atoms with Gasteiger partial charge >= 0.3 is 0 Å². The highest BCUT2D eigenvalue weighted by atomic mass is 16.2. The number of carbonyl (C=O) groups is 2. The highest BCUT2D eigenvalue weighted by Gasteiger charge is 2.41. The van der Waals surface area contributed by atoms with Crippen LogP contribution in [0.4, 0.5) is 0 Å². The summed E-state index contributed by atoms with van der Waals surface area (Å²) in [4.78, 5) is 32.7. The summed E-state index contributed by atoms with van der Waals surface area (Å²) in [7, 11) is 0. The van der Waals surface area contributed by atoms with Gasteiger partial charge in [-0.05, 0) is 55.9 Å². The lowest BCUT2D eigenvalue weighted by Gasteiger charge is -2.32. The van der Waals surface area contributed by atoms with Crippen molar-refractivity contribution in [1.82, 2.24) is 9.88 Å². The Kier molecular flexibility index (Phi) is 3.55. The van der Waals surface area contributed by atoms with E-state index in [-0.39, 0.29) is 17.1 Å². The Hall–Kier alpha value is -1.71. The van der Waals surface area contributed by atoms with Gasteiger partial charge in [-0.25, -0.2) is 0 Å². The van der Waals surface area contributed by atoms with Crippen LogP contribution in [-0.2, 0) is 6.42 Å². The number of hydrogen-bond acceptors (Lipinski definition) is 3. The summed E-state index contributed by atoms with van der Waals surface area (Å²) < 4.78 is 0. The number of fused-ring (bicyclic) bond motifs is 1. The summed E-state index contributed by atoms with van der Waals surface area (Å²) >= 11 is 0. The maximum Gasteiger partial charge on any atom is 0.256 e. The number of nitrogens with zero attached hydrogens (tertiary/aromatic N) is 2. The minimum absolute atomic E-state index is 0.0369. The summed E-state index contributed by atoms with van der Waals surface area (Å²) in [6.07, 6.45) is 5.72. The zero-order valence-electron chi connectivity index (χ0n) is 14.9. The minimum Gasteiger partial charge on any atom is -0.339 e. The van der Waals surface area contributed by atoms with Gasteiger partial charge in [0, 0.05) is 25.1 Å². The van der Waals surface area contributed by atoms with Crippen molar-refractivity contribution in [2.75, 3.05) is 13.1 Å².